The Labute approximate surface area is 85.1 Å². The summed E-state index contributed by atoms with van der Waals surface area (Å²) >= 11 is 3.28. The van der Waals surface area contributed by atoms with Crippen molar-refractivity contribution in [2.45, 2.75) is 0 Å². The Bertz CT molecular complexity index is 354. The summed E-state index contributed by atoms with van der Waals surface area (Å²) in [7, 11) is 0. The van der Waals surface area contributed by atoms with Crippen LogP contribution in [0.4, 0.5) is 5.69 Å². The fourth-order valence-corrected chi connectivity index (χ4v) is 1.14. The van der Waals surface area contributed by atoms with Crippen molar-refractivity contribution in [1.82, 2.24) is 0 Å². The number of hydrogen-bond donors (Lipinski definition) is 0. The summed E-state index contributed by atoms with van der Waals surface area (Å²) in [5, 5.41) is 0.784. The predicted octanol–water partition coefficient (Wildman–Crippen LogP) is 3.06. The van der Waals surface area contributed by atoms with Crippen LogP contribution in [0.25, 0.3) is 6.08 Å². The molecule has 1 aromatic rings. The van der Waals surface area contributed by atoms with Gasteiger partial charge in [-0.3, -0.25) is 0 Å². The van der Waals surface area contributed by atoms with Crippen LogP contribution in [0.15, 0.2) is 35.3 Å². The maximum atomic E-state index is 10.1. The number of rotatable bonds is 3. The summed E-state index contributed by atoms with van der Waals surface area (Å²) in [5.74, 6) is 0. The number of carbonyl (C=O) groups excluding carboxylic acids is 1. The number of benzene rings is 1. The Hall–Kier alpha value is -1.18. The highest BCUT2D eigenvalue weighted by Crippen LogP contribution is 2.19. The summed E-state index contributed by atoms with van der Waals surface area (Å²) in [6.45, 7) is 0. The van der Waals surface area contributed by atoms with Crippen molar-refractivity contribution in [3.8, 4) is 0 Å². The van der Waals surface area contributed by atoms with Crippen LogP contribution in [-0.2, 0) is 4.79 Å². The summed E-state index contributed by atoms with van der Waals surface area (Å²) in [6, 6.07) is 7.41. The molecule has 13 heavy (non-hydrogen) atoms. The van der Waals surface area contributed by atoms with Crippen LogP contribution >= 0.6 is 15.9 Å². The van der Waals surface area contributed by atoms with Gasteiger partial charge in [0.05, 0.1) is 5.69 Å². The van der Waals surface area contributed by atoms with Crippen LogP contribution in [0.1, 0.15) is 5.56 Å². The number of aliphatic imine (C=N–C) groups is 1. The lowest BCUT2D eigenvalue weighted by Crippen LogP contribution is -1.73. The molecule has 0 aromatic heterocycles. The molecule has 0 amide bonds. The van der Waals surface area contributed by atoms with Crippen molar-refractivity contribution in [1.29, 1.82) is 0 Å². The molecule has 0 spiro atoms. The van der Waals surface area contributed by atoms with E-state index in [9.17, 15) is 4.79 Å². The van der Waals surface area contributed by atoms with E-state index in [4.69, 9.17) is 0 Å². The van der Waals surface area contributed by atoms with Gasteiger partial charge in [0.25, 0.3) is 0 Å². The normalized spacial score (nSPS) is 9.92. The van der Waals surface area contributed by atoms with E-state index in [-0.39, 0.29) is 0 Å². The summed E-state index contributed by atoms with van der Waals surface area (Å²) in [5.41, 5.74) is 1.57. The third-order valence-corrected chi connectivity index (χ3v) is 1.86. The average molecular weight is 238 g/mol. The lowest BCUT2D eigenvalue weighted by molar-refractivity contribution is 0.565. The van der Waals surface area contributed by atoms with Gasteiger partial charge < -0.3 is 0 Å². The van der Waals surface area contributed by atoms with Gasteiger partial charge in [-0.05, 0) is 6.07 Å². The van der Waals surface area contributed by atoms with Crippen LogP contribution in [-0.4, -0.2) is 11.4 Å². The number of alkyl halides is 1. The zero-order chi connectivity index (χ0) is 9.52. The molecule has 0 aliphatic rings. The SMILES string of the molecule is O=C=Nc1ccccc1C=CCBr. The predicted molar refractivity (Wildman–Crippen MR) is 57.1 cm³/mol. The van der Waals surface area contributed by atoms with E-state index in [2.05, 4.69) is 20.9 Å². The van der Waals surface area contributed by atoms with Gasteiger partial charge in [0, 0.05) is 10.9 Å². The molecule has 0 bridgehead atoms. The fraction of sp³-hybridized carbons (Fsp3) is 0.100. The second kappa shape index (κ2) is 5.46. The van der Waals surface area contributed by atoms with E-state index in [1.54, 1.807) is 6.07 Å². The molecule has 0 heterocycles. The van der Waals surface area contributed by atoms with Crippen LogP contribution in [0, 0.1) is 0 Å². The van der Waals surface area contributed by atoms with E-state index < -0.39 is 0 Å². The van der Waals surface area contributed by atoms with Crippen LogP contribution in [0.3, 0.4) is 0 Å². The number of allylic oxidation sites excluding steroid dienone is 1. The third-order valence-electron chi connectivity index (χ3n) is 1.49. The number of para-hydroxylation sites is 1. The summed E-state index contributed by atoms with van der Waals surface area (Å²) in [4.78, 5) is 13.7. The van der Waals surface area contributed by atoms with Gasteiger partial charge in [-0.15, -0.1) is 0 Å². The van der Waals surface area contributed by atoms with Gasteiger partial charge >= 0.3 is 0 Å². The number of nitrogens with zero attached hydrogens (tertiary/aromatic N) is 1. The topological polar surface area (TPSA) is 29.4 Å². The van der Waals surface area contributed by atoms with Crippen LogP contribution in [0.2, 0.25) is 0 Å². The molecule has 1 rings (SSSR count). The Morgan fingerprint density at radius 2 is 2.23 bits per heavy atom. The molecule has 0 atom stereocenters. The molecule has 0 saturated carbocycles. The van der Waals surface area contributed by atoms with Crippen molar-refractivity contribution in [2.24, 2.45) is 4.99 Å². The quantitative estimate of drug-likeness (QED) is 0.452. The molecule has 0 unspecified atom stereocenters. The number of halogens is 1. The zero-order valence-corrected chi connectivity index (χ0v) is 8.49. The Morgan fingerprint density at radius 3 is 2.92 bits per heavy atom. The first-order valence-corrected chi connectivity index (χ1v) is 4.90. The van der Waals surface area contributed by atoms with Gasteiger partial charge in [0.1, 0.15) is 0 Å². The lowest BCUT2D eigenvalue weighted by atomic mass is 10.2. The highest BCUT2D eigenvalue weighted by molar-refractivity contribution is 9.09. The average Bonchev–Trinajstić information content (AvgIpc) is 2.17. The Balaban J connectivity index is 3.04. The Kier molecular flexibility index (Phi) is 4.16. The highest BCUT2D eigenvalue weighted by Gasteiger charge is 1.94. The largest absolute Gasteiger partial charge is 0.240 e. The van der Waals surface area contributed by atoms with Crippen LogP contribution < -0.4 is 0 Å². The van der Waals surface area contributed by atoms with E-state index in [1.165, 1.54) is 6.08 Å². The van der Waals surface area contributed by atoms with Gasteiger partial charge in [0.15, 0.2) is 0 Å². The first kappa shape index (κ1) is 9.90. The second-order valence-electron chi connectivity index (χ2n) is 2.32. The van der Waals surface area contributed by atoms with Gasteiger partial charge in [-0.2, -0.15) is 4.99 Å². The summed E-state index contributed by atoms with van der Waals surface area (Å²) in [6.07, 6.45) is 5.38. The minimum absolute atomic E-state index is 0.648. The standard InChI is InChI=1S/C10H8BrNO/c11-7-3-5-9-4-1-2-6-10(9)12-8-13/h1-6H,7H2. The molecule has 1 aromatic carbocycles. The van der Waals surface area contributed by atoms with Gasteiger partial charge in [0.2, 0.25) is 6.08 Å². The second-order valence-corrected chi connectivity index (χ2v) is 2.97. The molecular weight excluding hydrogens is 230 g/mol. The minimum Gasteiger partial charge on any atom is -0.211 e. The molecule has 3 heteroatoms. The van der Waals surface area contributed by atoms with E-state index in [0.717, 1.165) is 10.9 Å². The number of hydrogen-bond acceptors (Lipinski definition) is 2. The van der Waals surface area contributed by atoms with Gasteiger partial charge in [-0.1, -0.05) is 46.3 Å². The molecule has 0 aliphatic carbocycles. The number of isocyanates is 1. The summed E-state index contributed by atoms with van der Waals surface area (Å²) < 4.78 is 0. The lowest BCUT2D eigenvalue weighted by Gasteiger charge is -1.96. The van der Waals surface area contributed by atoms with Crippen molar-refractivity contribution in [3.63, 3.8) is 0 Å². The minimum atomic E-state index is 0.648. The molecule has 2 nitrogen and oxygen atoms in total. The molecule has 0 aliphatic heterocycles. The zero-order valence-electron chi connectivity index (χ0n) is 6.90. The smallest absolute Gasteiger partial charge is 0.211 e. The first-order valence-electron chi connectivity index (χ1n) is 3.78. The maximum absolute atomic E-state index is 10.1. The van der Waals surface area contributed by atoms with E-state index in [0.29, 0.717) is 5.69 Å². The third kappa shape index (κ3) is 2.98. The monoisotopic (exact) mass is 237 g/mol. The molecule has 0 N–H and O–H groups in total. The Morgan fingerprint density at radius 1 is 1.46 bits per heavy atom. The molecule has 0 fully saturated rings. The van der Waals surface area contributed by atoms with E-state index >= 15 is 0 Å². The van der Waals surface area contributed by atoms with Crippen molar-refractivity contribution in [2.75, 3.05) is 5.33 Å². The van der Waals surface area contributed by atoms with Crippen molar-refractivity contribution < 1.29 is 4.79 Å². The highest BCUT2D eigenvalue weighted by atomic mass is 79.9. The van der Waals surface area contributed by atoms with Crippen molar-refractivity contribution in [3.05, 3.63) is 35.9 Å². The molecular formula is C10H8BrNO. The van der Waals surface area contributed by atoms with Gasteiger partial charge in [-0.25, -0.2) is 4.79 Å². The first-order chi connectivity index (χ1) is 6.38. The molecule has 66 valence electrons. The van der Waals surface area contributed by atoms with Crippen LogP contribution in [0.5, 0.6) is 0 Å². The van der Waals surface area contributed by atoms with Crippen molar-refractivity contribution >= 4 is 33.8 Å². The van der Waals surface area contributed by atoms with E-state index in [1.807, 2.05) is 30.4 Å². The maximum Gasteiger partial charge on any atom is 0.240 e. The molecule has 0 saturated heterocycles. The molecule has 0 radical (unpaired) electrons. The fourth-order valence-electron chi connectivity index (χ4n) is 0.951.